The molecule has 0 bridgehead atoms. The summed E-state index contributed by atoms with van der Waals surface area (Å²) in [5.74, 6) is 0.478. The van der Waals surface area contributed by atoms with Crippen LogP contribution in [-0.2, 0) is 7.05 Å². The van der Waals surface area contributed by atoms with Crippen molar-refractivity contribution in [3.8, 4) is 0 Å². The molecule has 0 saturated heterocycles. The van der Waals surface area contributed by atoms with Crippen molar-refractivity contribution in [2.45, 2.75) is 13.0 Å². The zero-order valence-electron chi connectivity index (χ0n) is 10.4. The van der Waals surface area contributed by atoms with Crippen LogP contribution in [0.5, 0.6) is 0 Å². The smallest absolute Gasteiger partial charge is 0.128 e. The zero-order valence-corrected chi connectivity index (χ0v) is 11.1. The third-order valence-corrected chi connectivity index (χ3v) is 2.99. The molecule has 0 spiro atoms. The summed E-state index contributed by atoms with van der Waals surface area (Å²) in [5, 5.41) is 3.94. The Hall–Kier alpha value is -1.59. The minimum Gasteiger partial charge on any atom is -0.383 e. The number of aryl methyl sites for hydroxylation is 1. The lowest BCUT2D eigenvalue weighted by Crippen LogP contribution is -2.25. The highest BCUT2D eigenvalue weighted by molar-refractivity contribution is 6.30. The maximum atomic E-state index is 5.99. The van der Waals surface area contributed by atoms with Crippen LogP contribution in [0.4, 0.5) is 5.82 Å². The zero-order chi connectivity index (χ0) is 13.1. The number of rotatable bonds is 4. The number of hydrogen-bond acceptors (Lipinski definition) is 4. The Morgan fingerprint density at radius 2 is 2.28 bits per heavy atom. The lowest BCUT2D eigenvalue weighted by atomic mass is 10.0. The second kappa shape index (κ2) is 5.37. The molecule has 1 unspecified atom stereocenters. The Balaban J connectivity index is 2.48. The first-order valence-corrected chi connectivity index (χ1v) is 6.11. The van der Waals surface area contributed by atoms with Crippen LogP contribution < -0.4 is 11.1 Å². The van der Waals surface area contributed by atoms with E-state index in [4.69, 9.17) is 17.3 Å². The normalized spacial score (nSPS) is 12.6. The number of nitrogen functional groups attached to an aromatic ring is 1. The second-order valence-corrected chi connectivity index (χ2v) is 4.48. The summed E-state index contributed by atoms with van der Waals surface area (Å²) in [6.07, 6.45) is 5.12. The molecule has 2 heterocycles. The molecule has 96 valence electrons. The van der Waals surface area contributed by atoms with E-state index in [0.29, 0.717) is 10.8 Å². The summed E-state index contributed by atoms with van der Waals surface area (Å²) >= 11 is 5.99. The maximum absolute atomic E-state index is 5.99. The fourth-order valence-electron chi connectivity index (χ4n) is 1.92. The maximum Gasteiger partial charge on any atom is 0.128 e. The summed E-state index contributed by atoms with van der Waals surface area (Å²) < 4.78 is 1.95. The van der Waals surface area contributed by atoms with Gasteiger partial charge in [0, 0.05) is 18.8 Å². The molecule has 18 heavy (non-hydrogen) atoms. The van der Waals surface area contributed by atoms with Crippen molar-refractivity contribution in [1.29, 1.82) is 0 Å². The molecule has 0 aliphatic carbocycles. The van der Waals surface area contributed by atoms with E-state index in [1.54, 1.807) is 12.5 Å². The topological polar surface area (TPSA) is 68.8 Å². The molecule has 2 rings (SSSR count). The number of halogens is 1. The first-order valence-electron chi connectivity index (χ1n) is 5.74. The van der Waals surface area contributed by atoms with Gasteiger partial charge in [-0.05, 0) is 12.6 Å². The van der Waals surface area contributed by atoms with Gasteiger partial charge in [0.2, 0.25) is 0 Å². The monoisotopic (exact) mass is 265 g/mol. The standard InChI is InChI=1S/C12H16ClN5/c1-3-16-11(10-6-15-7-18(10)2)9-4-8(13)5-17-12(9)14/h4-7,11,16H,3H2,1-2H3,(H2,14,17). The molecule has 2 aromatic rings. The van der Waals surface area contributed by atoms with Crippen LogP contribution >= 0.6 is 11.6 Å². The minimum absolute atomic E-state index is 0.0614. The lowest BCUT2D eigenvalue weighted by molar-refractivity contribution is 0.593. The molecule has 1 atom stereocenters. The Morgan fingerprint density at radius 1 is 1.50 bits per heavy atom. The number of pyridine rings is 1. The summed E-state index contributed by atoms with van der Waals surface area (Å²) in [6.45, 7) is 2.85. The van der Waals surface area contributed by atoms with Gasteiger partial charge in [-0.25, -0.2) is 9.97 Å². The van der Waals surface area contributed by atoms with Crippen molar-refractivity contribution in [2.75, 3.05) is 12.3 Å². The van der Waals surface area contributed by atoms with Crippen molar-refractivity contribution in [3.05, 3.63) is 41.1 Å². The second-order valence-electron chi connectivity index (χ2n) is 4.05. The highest BCUT2D eigenvalue weighted by Gasteiger charge is 2.19. The van der Waals surface area contributed by atoms with Crippen molar-refractivity contribution < 1.29 is 0 Å². The average Bonchev–Trinajstić information content (AvgIpc) is 2.76. The van der Waals surface area contributed by atoms with Crippen molar-refractivity contribution in [2.24, 2.45) is 7.05 Å². The third-order valence-electron chi connectivity index (χ3n) is 2.79. The molecule has 0 amide bonds. The van der Waals surface area contributed by atoms with Gasteiger partial charge in [0.15, 0.2) is 0 Å². The van der Waals surface area contributed by atoms with E-state index in [0.717, 1.165) is 17.8 Å². The molecule has 0 aliphatic rings. The van der Waals surface area contributed by atoms with Gasteiger partial charge in [0.05, 0.1) is 29.3 Å². The average molecular weight is 266 g/mol. The van der Waals surface area contributed by atoms with Crippen LogP contribution in [-0.4, -0.2) is 21.1 Å². The SMILES string of the molecule is CCNC(c1cc(Cl)cnc1N)c1cncn1C. The molecule has 2 aromatic heterocycles. The van der Waals surface area contributed by atoms with Gasteiger partial charge in [0.25, 0.3) is 0 Å². The van der Waals surface area contributed by atoms with E-state index in [2.05, 4.69) is 15.3 Å². The highest BCUT2D eigenvalue weighted by atomic mass is 35.5. The molecular weight excluding hydrogens is 250 g/mol. The van der Waals surface area contributed by atoms with Crippen LogP contribution in [0, 0.1) is 0 Å². The number of imidazole rings is 1. The van der Waals surface area contributed by atoms with E-state index in [-0.39, 0.29) is 6.04 Å². The molecular formula is C12H16ClN5. The minimum atomic E-state index is -0.0614. The van der Waals surface area contributed by atoms with Crippen LogP contribution in [0.2, 0.25) is 5.02 Å². The van der Waals surface area contributed by atoms with Gasteiger partial charge in [0.1, 0.15) is 5.82 Å². The first kappa shape index (κ1) is 12.9. The first-order chi connectivity index (χ1) is 8.63. The van der Waals surface area contributed by atoms with Crippen molar-refractivity contribution >= 4 is 17.4 Å². The predicted octanol–water partition coefficient (Wildman–Crippen LogP) is 1.75. The number of nitrogens with zero attached hydrogens (tertiary/aromatic N) is 3. The Morgan fingerprint density at radius 3 is 2.89 bits per heavy atom. The van der Waals surface area contributed by atoms with Gasteiger partial charge in [-0.2, -0.15) is 0 Å². The number of aromatic nitrogens is 3. The predicted molar refractivity (Wildman–Crippen MR) is 72.4 cm³/mol. The highest BCUT2D eigenvalue weighted by Crippen LogP contribution is 2.27. The quantitative estimate of drug-likeness (QED) is 0.884. The summed E-state index contributed by atoms with van der Waals surface area (Å²) in [4.78, 5) is 8.23. The Bertz CT molecular complexity index is 537. The van der Waals surface area contributed by atoms with Crippen molar-refractivity contribution in [3.63, 3.8) is 0 Å². The van der Waals surface area contributed by atoms with Crippen molar-refractivity contribution in [1.82, 2.24) is 19.9 Å². The molecule has 0 aromatic carbocycles. The van der Waals surface area contributed by atoms with Crippen LogP contribution in [0.3, 0.4) is 0 Å². The molecule has 6 heteroatoms. The number of hydrogen-bond donors (Lipinski definition) is 2. The van der Waals surface area contributed by atoms with E-state index < -0.39 is 0 Å². The van der Waals surface area contributed by atoms with E-state index in [9.17, 15) is 0 Å². The summed E-state index contributed by atoms with van der Waals surface area (Å²) in [5.41, 5.74) is 7.83. The number of anilines is 1. The van der Waals surface area contributed by atoms with Gasteiger partial charge < -0.3 is 15.6 Å². The number of nitrogens with two attached hydrogens (primary N) is 1. The van der Waals surface area contributed by atoms with Gasteiger partial charge >= 0.3 is 0 Å². The van der Waals surface area contributed by atoms with Gasteiger partial charge in [-0.1, -0.05) is 18.5 Å². The summed E-state index contributed by atoms with van der Waals surface area (Å²) in [7, 11) is 1.95. The fraction of sp³-hybridized carbons (Fsp3) is 0.333. The Kier molecular flexibility index (Phi) is 3.84. The summed E-state index contributed by atoms with van der Waals surface area (Å²) in [6, 6.07) is 1.78. The van der Waals surface area contributed by atoms with Gasteiger partial charge in [-0.15, -0.1) is 0 Å². The lowest BCUT2D eigenvalue weighted by Gasteiger charge is -2.20. The Labute approximate surface area is 111 Å². The molecule has 0 aliphatic heterocycles. The molecule has 5 nitrogen and oxygen atoms in total. The fourth-order valence-corrected chi connectivity index (χ4v) is 2.09. The van der Waals surface area contributed by atoms with E-state index in [1.807, 2.05) is 30.8 Å². The van der Waals surface area contributed by atoms with Gasteiger partial charge in [-0.3, -0.25) is 0 Å². The van der Waals surface area contributed by atoms with E-state index in [1.165, 1.54) is 0 Å². The van der Waals surface area contributed by atoms with Crippen LogP contribution in [0.25, 0.3) is 0 Å². The van der Waals surface area contributed by atoms with Crippen LogP contribution in [0.15, 0.2) is 24.8 Å². The number of nitrogens with one attached hydrogen (secondary N) is 1. The third kappa shape index (κ3) is 2.47. The molecule has 3 N–H and O–H groups in total. The molecule has 0 fully saturated rings. The van der Waals surface area contributed by atoms with Crippen LogP contribution in [0.1, 0.15) is 24.2 Å². The van der Waals surface area contributed by atoms with E-state index >= 15 is 0 Å². The largest absolute Gasteiger partial charge is 0.383 e. The molecule has 0 radical (unpaired) electrons. The molecule has 0 saturated carbocycles.